The zero-order chi connectivity index (χ0) is 18.0. The van der Waals surface area contributed by atoms with Gasteiger partial charge in [0.25, 0.3) is 0 Å². The van der Waals surface area contributed by atoms with E-state index in [9.17, 15) is 4.79 Å². The summed E-state index contributed by atoms with van der Waals surface area (Å²) in [6.45, 7) is 4.96. The van der Waals surface area contributed by atoms with Gasteiger partial charge in [-0.1, -0.05) is 32.4 Å². The zero-order valence-corrected chi connectivity index (χ0v) is 15.8. The van der Waals surface area contributed by atoms with Gasteiger partial charge in [-0.2, -0.15) is 0 Å². The molecule has 4 heteroatoms. The standard InChI is InChI=1S/C21H32N2O2/c1-21(2,17-8-5-9-18(12-17)25-3)13-23-20(24)16-10-14-6-4-7-15(11-16)19(14)22/h5,8-9,12,14-16,19H,4,6-7,10-11,13,22H2,1-3H3,(H,23,24). The Kier molecular flexibility index (Phi) is 5.38. The lowest BCUT2D eigenvalue weighted by atomic mass is 9.65. The van der Waals surface area contributed by atoms with Crippen molar-refractivity contribution in [3.05, 3.63) is 29.8 Å². The van der Waals surface area contributed by atoms with Gasteiger partial charge in [0, 0.05) is 23.9 Å². The molecule has 4 nitrogen and oxygen atoms in total. The third kappa shape index (κ3) is 4.00. The molecule has 0 aliphatic heterocycles. The highest BCUT2D eigenvalue weighted by atomic mass is 16.5. The van der Waals surface area contributed by atoms with E-state index in [2.05, 4.69) is 31.3 Å². The topological polar surface area (TPSA) is 64.3 Å². The number of nitrogens with two attached hydrogens (primary N) is 1. The molecule has 2 fully saturated rings. The third-order valence-electron chi connectivity index (χ3n) is 6.34. The summed E-state index contributed by atoms with van der Waals surface area (Å²) in [5, 5.41) is 3.21. The second-order valence-corrected chi connectivity index (χ2v) is 8.53. The summed E-state index contributed by atoms with van der Waals surface area (Å²) in [5.41, 5.74) is 7.39. The first-order valence-corrected chi connectivity index (χ1v) is 9.58. The molecule has 2 bridgehead atoms. The van der Waals surface area contributed by atoms with E-state index in [1.54, 1.807) is 7.11 Å². The van der Waals surface area contributed by atoms with Crippen LogP contribution in [0.2, 0.25) is 0 Å². The molecule has 3 rings (SSSR count). The molecule has 1 amide bonds. The summed E-state index contributed by atoms with van der Waals surface area (Å²) in [6.07, 6.45) is 5.58. The second-order valence-electron chi connectivity index (χ2n) is 8.53. The quantitative estimate of drug-likeness (QED) is 0.862. The molecule has 0 aromatic heterocycles. The van der Waals surface area contributed by atoms with E-state index in [-0.39, 0.29) is 17.2 Å². The van der Waals surface area contributed by atoms with E-state index in [0.29, 0.717) is 24.4 Å². The Hall–Kier alpha value is -1.55. The first kappa shape index (κ1) is 18.2. The normalized spacial score (nSPS) is 29.1. The van der Waals surface area contributed by atoms with Crippen LogP contribution in [0.25, 0.3) is 0 Å². The lowest BCUT2D eigenvalue weighted by molar-refractivity contribution is -0.128. The van der Waals surface area contributed by atoms with Crippen molar-refractivity contribution in [1.82, 2.24) is 5.32 Å². The Morgan fingerprint density at radius 1 is 1.28 bits per heavy atom. The molecular formula is C21H32N2O2. The highest BCUT2D eigenvalue weighted by Gasteiger charge is 2.40. The molecule has 2 unspecified atom stereocenters. The van der Waals surface area contributed by atoms with Crippen molar-refractivity contribution in [2.24, 2.45) is 23.5 Å². The van der Waals surface area contributed by atoms with Gasteiger partial charge in [-0.05, 0) is 55.2 Å². The molecule has 0 radical (unpaired) electrons. The lowest BCUT2D eigenvalue weighted by Crippen LogP contribution is -2.50. The maximum absolute atomic E-state index is 12.8. The van der Waals surface area contributed by atoms with Crippen LogP contribution in [0, 0.1) is 17.8 Å². The van der Waals surface area contributed by atoms with Crippen molar-refractivity contribution in [2.75, 3.05) is 13.7 Å². The van der Waals surface area contributed by atoms with Crippen LogP contribution in [-0.4, -0.2) is 25.6 Å². The second kappa shape index (κ2) is 7.36. The molecule has 25 heavy (non-hydrogen) atoms. The van der Waals surface area contributed by atoms with Gasteiger partial charge in [0.15, 0.2) is 0 Å². The fraction of sp³-hybridized carbons (Fsp3) is 0.667. The van der Waals surface area contributed by atoms with E-state index < -0.39 is 0 Å². The fourth-order valence-corrected chi connectivity index (χ4v) is 4.60. The van der Waals surface area contributed by atoms with Gasteiger partial charge in [0.05, 0.1) is 7.11 Å². The highest BCUT2D eigenvalue weighted by molar-refractivity contribution is 5.79. The molecule has 0 heterocycles. The van der Waals surface area contributed by atoms with Crippen molar-refractivity contribution in [1.29, 1.82) is 0 Å². The summed E-state index contributed by atoms with van der Waals surface area (Å²) in [4.78, 5) is 12.8. The van der Waals surface area contributed by atoms with Gasteiger partial charge in [-0.15, -0.1) is 0 Å². The maximum Gasteiger partial charge on any atom is 0.223 e. The van der Waals surface area contributed by atoms with Gasteiger partial charge >= 0.3 is 0 Å². The summed E-state index contributed by atoms with van der Waals surface area (Å²) in [5.74, 6) is 2.27. The number of hydrogen-bond donors (Lipinski definition) is 2. The smallest absolute Gasteiger partial charge is 0.223 e. The number of methoxy groups -OCH3 is 1. The molecule has 0 spiro atoms. The first-order chi connectivity index (χ1) is 11.9. The molecule has 2 atom stereocenters. The average molecular weight is 344 g/mol. The van der Waals surface area contributed by atoms with Crippen LogP contribution >= 0.6 is 0 Å². The molecule has 1 aromatic carbocycles. The fourth-order valence-electron chi connectivity index (χ4n) is 4.60. The SMILES string of the molecule is COc1cccc(C(C)(C)CNC(=O)C2CC3CCCC(C2)C3N)c1. The van der Waals surface area contributed by atoms with Crippen molar-refractivity contribution in [3.8, 4) is 5.75 Å². The summed E-state index contributed by atoms with van der Waals surface area (Å²) in [6, 6.07) is 8.41. The Bertz CT molecular complexity index is 600. The van der Waals surface area contributed by atoms with Crippen LogP contribution in [0.1, 0.15) is 51.5 Å². The minimum atomic E-state index is -0.134. The van der Waals surface area contributed by atoms with Crippen molar-refractivity contribution in [3.63, 3.8) is 0 Å². The number of ether oxygens (including phenoxy) is 1. The van der Waals surface area contributed by atoms with Crippen LogP contribution in [0.4, 0.5) is 0 Å². The number of benzene rings is 1. The largest absolute Gasteiger partial charge is 0.497 e. The van der Waals surface area contributed by atoms with Crippen molar-refractivity contribution < 1.29 is 9.53 Å². The summed E-state index contributed by atoms with van der Waals surface area (Å²) in [7, 11) is 1.68. The number of rotatable bonds is 5. The van der Waals surface area contributed by atoms with Gasteiger partial charge in [0.2, 0.25) is 5.91 Å². The number of carbonyl (C=O) groups excluding carboxylic acids is 1. The maximum atomic E-state index is 12.8. The monoisotopic (exact) mass is 344 g/mol. The molecule has 138 valence electrons. The third-order valence-corrected chi connectivity index (χ3v) is 6.34. The predicted octanol–water partition coefficient (Wildman–Crippen LogP) is 3.24. The van der Waals surface area contributed by atoms with E-state index >= 15 is 0 Å². The van der Waals surface area contributed by atoms with E-state index in [4.69, 9.17) is 10.5 Å². The van der Waals surface area contributed by atoms with E-state index in [1.807, 2.05) is 12.1 Å². The van der Waals surface area contributed by atoms with Crippen LogP contribution in [0.15, 0.2) is 24.3 Å². The molecule has 2 saturated carbocycles. The minimum absolute atomic E-state index is 0.134. The minimum Gasteiger partial charge on any atom is -0.497 e. The Morgan fingerprint density at radius 2 is 1.96 bits per heavy atom. The van der Waals surface area contributed by atoms with Crippen molar-refractivity contribution >= 4 is 5.91 Å². The van der Waals surface area contributed by atoms with Gasteiger partial charge in [0.1, 0.15) is 5.75 Å². The van der Waals surface area contributed by atoms with E-state index in [1.165, 1.54) is 24.8 Å². The van der Waals surface area contributed by atoms with Crippen molar-refractivity contribution in [2.45, 2.75) is 57.4 Å². The Morgan fingerprint density at radius 3 is 2.60 bits per heavy atom. The Balaban J connectivity index is 1.59. The number of nitrogens with one attached hydrogen (secondary N) is 1. The first-order valence-electron chi connectivity index (χ1n) is 9.58. The summed E-state index contributed by atoms with van der Waals surface area (Å²) < 4.78 is 5.32. The van der Waals surface area contributed by atoms with Gasteiger partial charge in [-0.3, -0.25) is 4.79 Å². The number of fused-ring (bicyclic) bond motifs is 2. The zero-order valence-electron chi connectivity index (χ0n) is 15.8. The average Bonchev–Trinajstić information content (AvgIpc) is 2.59. The molecule has 2 aliphatic carbocycles. The lowest BCUT2D eigenvalue weighted by Gasteiger charge is -2.43. The molecular weight excluding hydrogens is 312 g/mol. The van der Waals surface area contributed by atoms with Crippen LogP contribution in [0.3, 0.4) is 0 Å². The Labute approximate surface area is 151 Å². The number of carbonyl (C=O) groups is 1. The predicted molar refractivity (Wildman–Crippen MR) is 101 cm³/mol. The van der Waals surface area contributed by atoms with Crippen LogP contribution < -0.4 is 15.8 Å². The van der Waals surface area contributed by atoms with Gasteiger partial charge < -0.3 is 15.8 Å². The molecule has 0 saturated heterocycles. The highest BCUT2D eigenvalue weighted by Crippen LogP contribution is 2.42. The van der Waals surface area contributed by atoms with Gasteiger partial charge in [-0.25, -0.2) is 0 Å². The number of hydrogen-bond acceptors (Lipinski definition) is 3. The molecule has 3 N–H and O–H groups in total. The van der Waals surface area contributed by atoms with E-state index in [0.717, 1.165) is 18.6 Å². The van der Waals surface area contributed by atoms with Crippen LogP contribution in [-0.2, 0) is 10.2 Å². The summed E-state index contributed by atoms with van der Waals surface area (Å²) >= 11 is 0. The number of amides is 1. The molecule has 2 aliphatic rings. The molecule has 1 aromatic rings. The van der Waals surface area contributed by atoms with Crippen LogP contribution in [0.5, 0.6) is 5.75 Å².